The molecule has 1 aromatic heterocycles. The van der Waals surface area contributed by atoms with Crippen molar-refractivity contribution < 1.29 is 9.90 Å². The third kappa shape index (κ3) is 2.66. The number of hydrogen-bond acceptors (Lipinski definition) is 3. The molecule has 18 heavy (non-hydrogen) atoms. The van der Waals surface area contributed by atoms with E-state index in [2.05, 4.69) is 4.98 Å². The second kappa shape index (κ2) is 5.42. The molecular weight excluding hydrogens is 270 g/mol. The first-order valence-electron chi connectivity index (χ1n) is 5.15. The van der Waals surface area contributed by atoms with E-state index in [0.717, 1.165) is 10.5 Å². The number of pyridine rings is 1. The fraction of sp³-hybridized carbons (Fsp3) is 0.0769. The molecule has 2 aromatic rings. The second-order valence-corrected chi connectivity index (χ2v) is 4.85. The Morgan fingerprint density at radius 2 is 2.00 bits per heavy atom. The van der Waals surface area contributed by atoms with Crippen molar-refractivity contribution in [3.8, 4) is 11.1 Å². The van der Waals surface area contributed by atoms with Crippen LogP contribution in [0, 0.1) is 0 Å². The van der Waals surface area contributed by atoms with Crippen molar-refractivity contribution in [1.82, 2.24) is 4.98 Å². The highest BCUT2D eigenvalue weighted by Crippen LogP contribution is 2.27. The number of halogens is 1. The van der Waals surface area contributed by atoms with E-state index in [9.17, 15) is 4.79 Å². The Hall–Kier alpha value is -1.52. The minimum atomic E-state index is -1.01. The van der Waals surface area contributed by atoms with Crippen LogP contribution in [-0.4, -0.2) is 22.3 Å². The Morgan fingerprint density at radius 3 is 2.56 bits per heavy atom. The van der Waals surface area contributed by atoms with Crippen molar-refractivity contribution in [3.05, 3.63) is 47.2 Å². The zero-order valence-electron chi connectivity index (χ0n) is 9.55. The normalized spacial score (nSPS) is 10.3. The van der Waals surface area contributed by atoms with Crippen LogP contribution in [0.5, 0.6) is 0 Å². The van der Waals surface area contributed by atoms with Crippen LogP contribution in [0.15, 0.2) is 41.4 Å². The third-order valence-corrected chi connectivity index (χ3v) is 3.45. The van der Waals surface area contributed by atoms with E-state index >= 15 is 0 Å². The fourth-order valence-corrected chi connectivity index (χ4v) is 2.17. The summed E-state index contributed by atoms with van der Waals surface area (Å²) in [6, 6.07) is 9.01. The van der Waals surface area contributed by atoms with Gasteiger partial charge in [0.2, 0.25) is 0 Å². The van der Waals surface area contributed by atoms with Gasteiger partial charge in [-0.25, -0.2) is 9.78 Å². The Balaban J connectivity index is 2.52. The van der Waals surface area contributed by atoms with Gasteiger partial charge in [0.15, 0.2) is 0 Å². The first-order chi connectivity index (χ1) is 8.61. The molecule has 0 unspecified atom stereocenters. The van der Waals surface area contributed by atoms with Gasteiger partial charge in [0.25, 0.3) is 0 Å². The monoisotopic (exact) mass is 279 g/mol. The second-order valence-electron chi connectivity index (χ2n) is 3.59. The summed E-state index contributed by atoms with van der Waals surface area (Å²) in [4.78, 5) is 16.2. The van der Waals surface area contributed by atoms with Crippen molar-refractivity contribution in [2.75, 3.05) is 6.26 Å². The van der Waals surface area contributed by atoms with Crippen molar-refractivity contribution in [2.45, 2.75) is 4.90 Å². The lowest BCUT2D eigenvalue weighted by molar-refractivity contribution is 0.0697. The molecule has 2 rings (SSSR count). The molecule has 0 aliphatic heterocycles. The molecule has 0 aliphatic carbocycles. The molecule has 1 heterocycles. The fourth-order valence-electron chi connectivity index (χ4n) is 1.61. The number of aromatic nitrogens is 1. The minimum Gasteiger partial charge on any atom is -0.478 e. The number of rotatable bonds is 3. The van der Waals surface area contributed by atoms with Gasteiger partial charge in [-0.2, -0.15) is 0 Å². The van der Waals surface area contributed by atoms with Crippen molar-refractivity contribution in [3.63, 3.8) is 0 Å². The highest BCUT2D eigenvalue weighted by atomic mass is 35.5. The van der Waals surface area contributed by atoms with Crippen LogP contribution in [0.2, 0.25) is 5.15 Å². The molecule has 0 atom stereocenters. The highest BCUT2D eigenvalue weighted by molar-refractivity contribution is 7.98. The van der Waals surface area contributed by atoms with E-state index in [1.165, 1.54) is 12.3 Å². The quantitative estimate of drug-likeness (QED) is 0.685. The third-order valence-electron chi connectivity index (χ3n) is 2.50. The Morgan fingerprint density at radius 1 is 1.33 bits per heavy atom. The summed E-state index contributed by atoms with van der Waals surface area (Å²) < 4.78 is 0. The van der Waals surface area contributed by atoms with Crippen LogP contribution < -0.4 is 0 Å². The lowest BCUT2D eigenvalue weighted by Gasteiger charge is -2.06. The zero-order valence-corrected chi connectivity index (χ0v) is 11.1. The molecule has 1 N–H and O–H groups in total. The summed E-state index contributed by atoms with van der Waals surface area (Å²) >= 11 is 7.35. The SMILES string of the molecule is CSc1ccc(-c2cnc(Cl)cc2C(=O)O)cc1. The Labute approximate surface area is 114 Å². The van der Waals surface area contributed by atoms with E-state index in [1.807, 2.05) is 30.5 Å². The molecule has 5 heteroatoms. The minimum absolute atomic E-state index is 0.159. The number of hydrogen-bond donors (Lipinski definition) is 1. The summed E-state index contributed by atoms with van der Waals surface area (Å²) in [6.45, 7) is 0. The first kappa shape index (κ1) is 12.9. The predicted octanol–water partition coefficient (Wildman–Crippen LogP) is 3.82. The smallest absolute Gasteiger partial charge is 0.336 e. The molecule has 92 valence electrons. The molecule has 0 spiro atoms. The predicted molar refractivity (Wildman–Crippen MR) is 73.4 cm³/mol. The highest BCUT2D eigenvalue weighted by Gasteiger charge is 2.13. The van der Waals surface area contributed by atoms with Gasteiger partial charge in [-0.05, 0) is 30.0 Å². The molecular formula is C13H10ClNO2S. The van der Waals surface area contributed by atoms with Crippen LogP contribution >= 0.6 is 23.4 Å². The number of carbonyl (C=O) groups is 1. The summed E-state index contributed by atoms with van der Waals surface area (Å²) in [6.07, 6.45) is 3.47. The number of nitrogens with zero attached hydrogens (tertiary/aromatic N) is 1. The van der Waals surface area contributed by atoms with Crippen LogP contribution in [0.4, 0.5) is 0 Å². The standard InChI is InChI=1S/C13H10ClNO2S/c1-18-9-4-2-8(3-5-9)11-7-15-12(14)6-10(11)13(16)17/h2-7H,1H3,(H,16,17). The van der Waals surface area contributed by atoms with Crippen LogP contribution in [0.25, 0.3) is 11.1 Å². The maximum Gasteiger partial charge on any atom is 0.336 e. The maximum absolute atomic E-state index is 11.2. The molecule has 0 saturated carbocycles. The number of thioether (sulfide) groups is 1. The van der Waals surface area contributed by atoms with Gasteiger partial charge in [0, 0.05) is 16.7 Å². The first-order valence-corrected chi connectivity index (χ1v) is 6.75. The van der Waals surface area contributed by atoms with Gasteiger partial charge < -0.3 is 5.11 Å². The summed E-state index contributed by atoms with van der Waals surface area (Å²) in [5.74, 6) is -1.01. The lowest BCUT2D eigenvalue weighted by Crippen LogP contribution is -2.00. The molecule has 0 fully saturated rings. The van der Waals surface area contributed by atoms with Crippen molar-refractivity contribution in [1.29, 1.82) is 0 Å². The van der Waals surface area contributed by atoms with Gasteiger partial charge in [-0.3, -0.25) is 0 Å². The number of benzene rings is 1. The molecule has 1 aromatic carbocycles. The van der Waals surface area contributed by atoms with E-state index in [1.54, 1.807) is 11.8 Å². The largest absolute Gasteiger partial charge is 0.478 e. The summed E-state index contributed by atoms with van der Waals surface area (Å²) in [5.41, 5.74) is 1.54. The van der Waals surface area contributed by atoms with E-state index < -0.39 is 5.97 Å². The molecule has 0 radical (unpaired) electrons. The molecule has 0 amide bonds. The lowest BCUT2D eigenvalue weighted by atomic mass is 10.0. The van der Waals surface area contributed by atoms with Crippen LogP contribution in [0.3, 0.4) is 0 Å². The van der Waals surface area contributed by atoms with E-state index in [0.29, 0.717) is 5.56 Å². The topological polar surface area (TPSA) is 50.2 Å². The molecule has 0 bridgehead atoms. The number of aromatic carboxylic acids is 1. The maximum atomic E-state index is 11.2. The Bertz CT molecular complexity index is 584. The van der Waals surface area contributed by atoms with Crippen molar-refractivity contribution >= 4 is 29.3 Å². The Kier molecular flexibility index (Phi) is 3.89. The van der Waals surface area contributed by atoms with Gasteiger partial charge in [0.05, 0.1) is 5.56 Å². The van der Waals surface area contributed by atoms with Crippen LogP contribution in [0.1, 0.15) is 10.4 Å². The molecule has 3 nitrogen and oxygen atoms in total. The van der Waals surface area contributed by atoms with Crippen molar-refractivity contribution in [2.24, 2.45) is 0 Å². The van der Waals surface area contributed by atoms with Gasteiger partial charge in [-0.15, -0.1) is 11.8 Å². The average molecular weight is 280 g/mol. The summed E-state index contributed by atoms with van der Waals surface area (Å²) in [5, 5.41) is 9.34. The summed E-state index contributed by atoms with van der Waals surface area (Å²) in [7, 11) is 0. The van der Waals surface area contributed by atoms with E-state index in [4.69, 9.17) is 16.7 Å². The van der Waals surface area contributed by atoms with Gasteiger partial charge >= 0.3 is 5.97 Å². The number of carboxylic acids is 1. The number of carboxylic acid groups (broad SMARTS) is 1. The van der Waals surface area contributed by atoms with Crippen LogP contribution in [-0.2, 0) is 0 Å². The zero-order chi connectivity index (χ0) is 13.1. The average Bonchev–Trinajstić information content (AvgIpc) is 2.39. The van der Waals surface area contributed by atoms with E-state index in [-0.39, 0.29) is 10.7 Å². The van der Waals surface area contributed by atoms with Gasteiger partial charge in [0.1, 0.15) is 5.15 Å². The van der Waals surface area contributed by atoms with Gasteiger partial charge in [-0.1, -0.05) is 23.7 Å². The molecule has 0 aliphatic rings. The molecule has 0 saturated heterocycles.